The van der Waals surface area contributed by atoms with Crippen LogP contribution in [-0.4, -0.2) is 36.5 Å². The van der Waals surface area contributed by atoms with E-state index in [1.54, 1.807) is 11.3 Å². The Kier molecular flexibility index (Phi) is 4.98. The summed E-state index contributed by atoms with van der Waals surface area (Å²) in [6.45, 7) is 0. The quantitative estimate of drug-likeness (QED) is 0.780. The lowest BCUT2D eigenvalue weighted by Gasteiger charge is -2.28. The number of carboxylic acid groups (broad SMARTS) is 1. The number of aliphatic carboxylic acids is 1. The molecule has 0 bridgehead atoms. The maximum atomic E-state index is 11.8. The van der Waals surface area contributed by atoms with E-state index in [1.807, 2.05) is 17.5 Å². The molecule has 1 saturated heterocycles. The van der Waals surface area contributed by atoms with Gasteiger partial charge in [-0.2, -0.15) is 0 Å². The van der Waals surface area contributed by atoms with Crippen molar-refractivity contribution in [2.24, 2.45) is 0 Å². The molecule has 0 unspecified atom stereocenters. The lowest BCUT2D eigenvalue weighted by molar-refractivity contribution is -0.139. The highest BCUT2D eigenvalue weighted by atomic mass is 32.1. The highest BCUT2D eigenvalue weighted by Gasteiger charge is 2.25. The van der Waals surface area contributed by atoms with Crippen LogP contribution in [0.3, 0.4) is 0 Å². The van der Waals surface area contributed by atoms with Gasteiger partial charge in [-0.05, 0) is 24.3 Å². The molecule has 1 aromatic rings. The number of carboxylic acids is 1. The third kappa shape index (κ3) is 4.68. The Balaban J connectivity index is 1.70. The lowest BCUT2D eigenvalue weighted by Crippen LogP contribution is -2.45. The molecule has 102 valence electrons. The van der Waals surface area contributed by atoms with E-state index in [0.717, 1.165) is 11.3 Å². The minimum Gasteiger partial charge on any atom is -0.481 e. The Morgan fingerprint density at radius 1 is 1.53 bits per heavy atom. The van der Waals surface area contributed by atoms with Gasteiger partial charge in [-0.25, -0.2) is 0 Å². The van der Waals surface area contributed by atoms with Crippen LogP contribution in [0.2, 0.25) is 0 Å². The van der Waals surface area contributed by atoms with Gasteiger partial charge in [0.2, 0.25) is 5.91 Å². The van der Waals surface area contributed by atoms with Gasteiger partial charge in [0.1, 0.15) is 0 Å². The zero-order valence-corrected chi connectivity index (χ0v) is 11.3. The molecule has 0 radical (unpaired) electrons. The fourth-order valence-electron chi connectivity index (χ4n) is 2.13. The zero-order chi connectivity index (χ0) is 13.7. The average molecular weight is 281 g/mol. The van der Waals surface area contributed by atoms with Crippen molar-refractivity contribution in [1.29, 1.82) is 0 Å². The van der Waals surface area contributed by atoms with Gasteiger partial charge in [-0.3, -0.25) is 9.59 Å². The first-order chi connectivity index (χ1) is 9.13. The maximum absolute atomic E-state index is 11.8. The number of hydrogen-bond donors (Lipinski definition) is 2. The standard InChI is InChI=1S/C12H16BNO4S/c15-11(7-9-2-1-5-19-9)14-10-4-3-8(18-13-10)6-12(16)17/h1-2,5,8,10,13H,3-4,6-7H2,(H,14,15)(H,16,17)/t8-,10-/m0/s1. The van der Waals surface area contributed by atoms with Gasteiger partial charge in [0.05, 0.1) is 18.9 Å². The largest absolute Gasteiger partial charge is 0.481 e. The highest BCUT2D eigenvalue weighted by molar-refractivity contribution is 7.10. The summed E-state index contributed by atoms with van der Waals surface area (Å²) in [6.07, 6.45) is 1.66. The first kappa shape index (κ1) is 14.1. The van der Waals surface area contributed by atoms with Crippen molar-refractivity contribution in [2.45, 2.75) is 37.7 Å². The Morgan fingerprint density at radius 3 is 2.95 bits per heavy atom. The van der Waals surface area contributed by atoms with Crippen molar-refractivity contribution in [3.63, 3.8) is 0 Å². The van der Waals surface area contributed by atoms with Crippen LogP contribution in [0.5, 0.6) is 0 Å². The van der Waals surface area contributed by atoms with Crippen molar-refractivity contribution in [3.05, 3.63) is 22.4 Å². The van der Waals surface area contributed by atoms with E-state index in [-0.39, 0.29) is 24.4 Å². The lowest BCUT2D eigenvalue weighted by atomic mass is 9.79. The molecule has 0 aromatic carbocycles. The Bertz CT molecular complexity index is 429. The van der Waals surface area contributed by atoms with Gasteiger partial charge < -0.3 is 15.1 Å². The molecule has 2 N–H and O–H groups in total. The molecule has 1 fully saturated rings. The van der Waals surface area contributed by atoms with Crippen molar-refractivity contribution >= 4 is 30.7 Å². The average Bonchev–Trinajstić information content (AvgIpc) is 2.83. The minimum atomic E-state index is -0.842. The van der Waals surface area contributed by atoms with Gasteiger partial charge in [0.25, 0.3) is 7.48 Å². The van der Waals surface area contributed by atoms with Crippen molar-refractivity contribution in [3.8, 4) is 0 Å². The third-order valence-electron chi connectivity index (χ3n) is 3.05. The van der Waals surface area contributed by atoms with Crippen LogP contribution in [0.4, 0.5) is 0 Å². The van der Waals surface area contributed by atoms with Gasteiger partial charge in [-0.1, -0.05) is 6.07 Å². The van der Waals surface area contributed by atoms with Crippen LogP contribution in [0.25, 0.3) is 0 Å². The monoisotopic (exact) mass is 281 g/mol. The van der Waals surface area contributed by atoms with E-state index in [2.05, 4.69) is 5.32 Å². The molecule has 5 nitrogen and oxygen atoms in total. The van der Waals surface area contributed by atoms with E-state index >= 15 is 0 Å². The van der Waals surface area contributed by atoms with E-state index in [0.29, 0.717) is 20.3 Å². The fraction of sp³-hybridized carbons (Fsp3) is 0.500. The predicted molar refractivity (Wildman–Crippen MR) is 73.5 cm³/mol. The van der Waals surface area contributed by atoms with Crippen LogP contribution >= 0.6 is 11.3 Å². The molecular weight excluding hydrogens is 265 g/mol. The molecule has 1 amide bonds. The summed E-state index contributed by atoms with van der Waals surface area (Å²) in [7, 11) is 0.397. The number of amides is 1. The molecule has 0 spiro atoms. The maximum Gasteiger partial charge on any atom is 0.305 e. The molecule has 1 aliphatic heterocycles. The van der Waals surface area contributed by atoms with E-state index in [1.165, 1.54) is 0 Å². The molecule has 1 aliphatic rings. The molecule has 2 rings (SSSR count). The summed E-state index contributed by atoms with van der Waals surface area (Å²) in [5.74, 6) is -0.851. The number of thiophene rings is 1. The summed E-state index contributed by atoms with van der Waals surface area (Å²) in [5, 5.41) is 13.5. The first-order valence-electron chi connectivity index (χ1n) is 6.28. The zero-order valence-electron chi connectivity index (χ0n) is 10.5. The molecular formula is C12H16BNO4S. The molecule has 7 heteroatoms. The van der Waals surface area contributed by atoms with Crippen LogP contribution in [0.15, 0.2) is 17.5 Å². The van der Waals surface area contributed by atoms with Crippen molar-refractivity contribution < 1.29 is 19.3 Å². The third-order valence-corrected chi connectivity index (χ3v) is 3.93. The van der Waals surface area contributed by atoms with Crippen LogP contribution in [0, 0.1) is 0 Å². The topological polar surface area (TPSA) is 75.6 Å². The molecule has 1 aromatic heterocycles. The predicted octanol–water partition coefficient (Wildman–Crippen LogP) is 0.738. The number of rotatable bonds is 5. The van der Waals surface area contributed by atoms with Crippen molar-refractivity contribution in [1.82, 2.24) is 5.32 Å². The van der Waals surface area contributed by atoms with Crippen LogP contribution in [-0.2, 0) is 20.7 Å². The number of carbonyl (C=O) groups is 2. The van der Waals surface area contributed by atoms with Crippen LogP contribution in [0.1, 0.15) is 24.1 Å². The number of nitrogens with one attached hydrogen (secondary N) is 1. The smallest absolute Gasteiger partial charge is 0.305 e. The summed E-state index contributed by atoms with van der Waals surface area (Å²) in [4.78, 5) is 23.4. The highest BCUT2D eigenvalue weighted by Crippen LogP contribution is 2.15. The summed E-state index contributed by atoms with van der Waals surface area (Å²) >= 11 is 1.56. The Morgan fingerprint density at radius 2 is 2.37 bits per heavy atom. The second-order valence-electron chi connectivity index (χ2n) is 4.65. The Labute approximate surface area is 116 Å². The van der Waals surface area contributed by atoms with Crippen LogP contribution < -0.4 is 5.32 Å². The summed E-state index contributed by atoms with van der Waals surface area (Å²) < 4.78 is 5.44. The SMILES string of the molecule is O=C(O)C[C@@H]1CC[C@H](NC(=O)Cc2cccs2)BO1. The molecule has 19 heavy (non-hydrogen) atoms. The van der Waals surface area contributed by atoms with E-state index < -0.39 is 5.97 Å². The Hall–Kier alpha value is -1.34. The number of hydrogen-bond acceptors (Lipinski definition) is 4. The second kappa shape index (κ2) is 6.72. The summed E-state index contributed by atoms with van der Waals surface area (Å²) in [5.41, 5.74) is 0. The van der Waals surface area contributed by atoms with Crippen molar-refractivity contribution in [2.75, 3.05) is 0 Å². The minimum absolute atomic E-state index is 0.00231. The summed E-state index contributed by atoms with van der Waals surface area (Å²) in [6, 6.07) is 3.86. The molecule has 2 atom stereocenters. The molecule has 0 aliphatic carbocycles. The normalized spacial score (nSPS) is 22.5. The first-order valence-corrected chi connectivity index (χ1v) is 7.16. The number of carbonyl (C=O) groups excluding carboxylic acids is 1. The van der Waals surface area contributed by atoms with Gasteiger partial charge in [0.15, 0.2) is 0 Å². The fourth-order valence-corrected chi connectivity index (χ4v) is 2.83. The van der Waals surface area contributed by atoms with E-state index in [4.69, 9.17) is 9.76 Å². The van der Waals surface area contributed by atoms with Gasteiger partial charge in [-0.15, -0.1) is 11.3 Å². The molecule has 2 heterocycles. The molecule has 0 saturated carbocycles. The van der Waals surface area contributed by atoms with Gasteiger partial charge >= 0.3 is 5.97 Å². The van der Waals surface area contributed by atoms with Gasteiger partial charge in [0, 0.05) is 10.8 Å². The second-order valence-corrected chi connectivity index (χ2v) is 5.68. The van der Waals surface area contributed by atoms with E-state index in [9.17, 15) is 9.59 Å².